The SMILES string of the molecule is CNCCN(C)C(=O)c1ccc(C(C)(C)C)c([N+](=O)[O-])c1.Cl. The summed E-state index contributed by atoms with van der Waals surface area (Å²) in [6.45, 7) is 6.95. The average molecular weight is 330 g/mol. The van der Waals surface area contributed by atoms with Crippen LogP contribution in [0.25, 0.3) is 0 Å². The van der Waals surface area contributed by atoms with Crippen molar-refractivity contribution in [3.63, 3.8) is 0 Å². The van der Waals surface area contributed by atoms with Gasteiger partial charge in [-0.05, 0) is 18.5 Å². The predicted octanol–water partition coefficient (Wildman–Crippen LogP) is 2.61. The average Bonchev–Trinajstić information content (AvgIpc) is 2.42. The van der Waals surface area contributed by atoms with E-state index in [4.69, 9.17) is 0 Å². The van der Waals surface area contributed by atoms with Crippen molar-refractivity contribution in [1.29, 1.82) is 0 Å². The highest BCUT2D eigenvalue weighted by atomic mass is 35.5. The first-order chi connectivity index (χ1) is 9.68. The zero-order valence-corrected chi connectivity index (χ0v) is 14.5. The Morgan fingerprint density at radius 3 is 2.41 bits per heavy atom. The number of nitro benzene ring substituents is 1. The summed E-state index contributed by atoms with van der Waals surface area (Å²) < 4.78 is 0. The Hall–Kier alpha value is -1.66. The van der Waals surface area contributed by atoms with Crippen LogP contribution in [-0.2, 0) is 5.41 Å². The molecule has 6 nitrogen and oxygen atoms in total. The second-order valence-corrected chi connectivity index (χ2v) is 6.07. The summed E-state index contributed by atoms with van der Waals surface area (Å²) in [6.07, 6.45) is 0. The second kappa shape index (κ2) is 8.10. The van der Waals surface area contributed by atoms with Gasteiger partial charge in [-0.3, -0.25) is 14.9 Å². The third-order valence-corrected chi connectivity index (χ3v) is 3.29. The summed E-state index contributed by atoms with van der Waals surface area (Å²) >= 11 is 0. The largest absolute Gasteiger partial charge is 0.340 e. The smallest absolute Gasteiger partial charge is 0.273 e. The van der Waals surface area contributed by atoms with E-state index in [1.165, 1.54) is 6.07 Å². The van der Waals surface area contributed by atoms with Crippen molar-refractivity contribution in [2.75, 3.05) is 27.2 Å². The first kappa shape index (κ1) is 20.3. The summed E-state index contributed by atoms with van der Waals surface area (Å²) in [5, 5.41) is 14.2. The molecule has 0 unspecified atom stereocenters. The molecule has 0 aromatic heterocycles. The van der Waals surface area contributed by atoms with Crippen molar-refractivity contribution < 1.29 is 9.72 Å². The normalized spacial score (nSPS) is 10.8. The van der Waals surface area contributed by atoms with E-state index in [1.54, 1.807) is 31.1 Å². The minimum absolute atomic E-state index is 0. The molecule has 0 aliphatic carbocycles. The topological polar surface area (TPSA) is 75.5 Å². The molecule has 1 aromatic rings. The monoisotopic (exact) mass is 329 g/mol. The lowest BCUT2D eigenvalue weighted by molar-refractivity contribution is -0.386. The van der Waals surface area contributed by atoms with Gasteiger partial charge in [-0.1, -0.05) is 26.8 Å². The fraction of sp³-hybridized carbons (Fsp3) is 0.533. The minimum Gasteiger partial charge on any atom is -0.340 e. The van der Waals surface area contributed by atoms with Crippen LogP contribution in [0.5, 0.6) is 0 Å². The number of hydrogen-bond donors (Lipinski definition) is 1. The van der Waals surface area contributed by atoms with Crippen molar-refractivity contribution in [3.05, 3.63) is 39.4 Å². The molecule has 124 valence electrons. The molecular weight excluding hydrogens is 306 g/mol. The van der Waals surface area contributed by atoms with Crippen LogP contribution in [0.4, 0.5) is 5.69 Å². The Morgan fingerprint density at radius 2 is 1.95 bits per heavy atom. The maximum atomic E-state index is 12.3. The van der Waals surface area contributed by atoms with Gasteiger partial charge >= 0.3 is 0 Å². The Kier molecular flexibility index (Phi) is 7.49. The molecule has 0 heterocycles. The first-order valence-electron chi connectivity index (χ1n) is 6.87. The molecule has 1 aromatic carbocycles. The van der Waals surface area contributed by atoms with E-state index in [0.29, 0.717) is 24.2 Å². The molecule has 7 heteroatoms. The number of benzene rings is 1. The molecule has 0 saturated carbocycles. The number of nitrogens with zero attached hydrogens (tertiary/aromatic N) is 2. The Bertz CT molecular complexity index is 541. The minimum atomic E-state index is -0.426. The molecule has 1 rings (SSSR count). The summed E-state index contributed by atoms with van der Waals surface area (Å²) in [5.74, 6) is -0.214. The number of amides is 1. The summed E-state index contributed by atoms with van der Waals surface area (Å²) in [7, 11) is 3.49. The zero-order chi connectivity index (χ0) is 16.2. The number of carbonyl (C=O) groups is 1. The molecule has 1 N–H and O–H groups in total. The van der Waals surface area contributed by atoms with Crippen LogP contribution in [0.3, 0.4) is 0 Å². The van der Waals surface area contributed by atoms with Crippen molar-refractivity contribution in [2.45, 2.75) is 26.2 Å². The van der Waals surface area contributed by atoms with Crippen LogP contribution in [0.15, 0.2) is 18.2 Å². The van der Waals surface area contributed by atoms with E-state index in [2.05, 4.69) is 5.32 Å². The van der Waals surface area contributed by atoms with Gasteiger partial charge in [0.25, 0.3) is 11.6 Å². The highest BCUT2D eigenvalue weighted by Gasteiger charge is 2.26. The quantitative estimate of drug-likeness (QED) is 0.665. The summed E-state index contributed by atoms with van der Waals surface area (Å²) in [6, 6.07) is 4.71. The van der Waals surface area contributed by atoms with Gasteiger partial charge in [0, 0.05) is 37.3 Å². The second-order valence-electron chi connectivity index (χ2n) is 6.07. The summed E-state index contributed by atoms with van der Waals surface area (Å²) in [4.78, 5) is 24.6. The van der Waals surface area contributed by atoms with Crippen LogP contribution < -0.4 is 5.32 Å². The Balaban J connectivity index is 0.00000441. The predicted molar refractivity (Wildman–Crippen MR) is 89.9 cm³/mol. The van der Waals surface area contributed by atoms with Crippen molar-refractivity contribution in [1.82, 2.24) is 10.2 Å². The van der Waals surface area contributed by atoms with Gasteiger partial charge in [-0.2, -0.15) is 0 Å². The number of rotatable bonds is 5. The van der Waals surface area contributed by atoms with E-state index < -0.39 is 4.92 Å². The molecule has 0 bridgehead atoms. The van der Waals surface area contributed by atoms with Gasteiger partial charge in [-0.15, -0.1) is 12.4 Å². The molecule has 0 atom stereocenters. The maximum Gasteiger partial charge on any atom is 0.273 e. The number of likely N-dealkylation sites (N-methyl/N-ethyl adjacent to an activating group) is 2. The number of hydrogen-bond acceptors (Lipinski definition) is 4. The molecule has 0 spiro atoms. The van der Waals surface area contributed by atoms with E-state index in [0.717, 1.165) is 0 Å². The highest BCUT2D eigenvalue weighted by Crippen LogP contribution is 2.32. The van der Waals surface area contributed by atoms with Crippen LogP contribution in [-0.4, -0.2) is 42.9 Å². The lowest BCUT2D eigenvalue weighted by Gasteiger charge is -2.20. The molecule has 22 heavy (non-hydrogen) atoms. The van der Waals surface area contributed by atoms with Crippen molar-refractivity contribution in [2.24, 2.45) is 0 Å². The van der Waals surface area contributed by atoms with Gasteiger partial charge in [0.1, 0.15) is 0 Å². The maximum absolute atomic E-state index is 12.3. The van der Waals surface area contributed by atoms with E-state index in [9.17, 15) is 14.9 Å². The van der Waals surface area contributed by atoms with Gasteiger partial charge < -0.3 is 10.2 Å². The van der Waals surface area contributed by atoms with Gasteiger partial charge in [-0.25, -0.2) is 0 Å². The first-order valence-corrected chi connectivity index (χ1v) is 6.87. The molecule has 0 fully saturated rings. The molecule has 0 aliphatic heterocycles. The highest BCUT2D eigenvalue weighted by molar-refractivity contribution is 5.95. The Morgan fingerprint density at radius 1 is 1.36 bits per heavy atom. The molecule has 0 saturated heterocycles. The fourth-order valence-corrected chi connectivity index (χ4v) is 2.05. The van der Waals surface area contributed by atoms with Gasteiger partial charge in [0.05, 0.1) is 4.92 Å². The van der Waals surface area contributed by atoms with E-state index in [1.807, 2.05) is 20.8 Å². The Labute approximate surface area is 137 Å². The lowest BCUT2D eigenvalue weighted by atomic mass is 9.85. The number of nitro groups is 1. The number of halogens is 1. The van der Waals surface area contributed by atoms with Crippen LogP contribution in [0, 0.1) is 10.1 Å². The number of carbonyl (C=O) groups excluding carboxylic acids is 1. The van der Waals surface area contributed by atoms with Crippen LogP contribution in [0.1, 0.15) is 36.7 Å². The van der Waals surface area contributed by atoms with E-state index >= 15 is 0 Å². The lowest BCUT2D eigenvalue weighted by Crippen LogP contribution is -2.32. The summed E-state index contributed by atoms with van der Waals surface area (Å²) in [5.41, 5.74) is 0.618. The van der Waals surface area contributed by atoms with Gasteiger partial charge in [0.15, 0.2) is 0 Å². The fourth-order valence-electron chi connectivity index (χ4n) is 2.05. The van der Waals surface area contributed by atoms with E-state index in [-0.39, 0.29) is 29.4 Å². The number of nitrogens with one attached hydrogen (secondary N) is 1. The zero-order valence-electron chi connectivity index (χ0n) is 13.7. The molecular formula is C15H24ClN3O3. The third-order valence-electron chi connectivity index (χ3n) is 3.29. The van der Waals surface area contributed by atoms with Crippen LogP contribution in [0.2, 0.25) is 0 Å². The third kappa shape index (κ3) is 4.96. The molecule has 1 amide bonds. The molecule has 0 aliphatic rings. The molecule has 0 radical (unpaired) electrons. The van der Waals surface area contributed by atoms with Gasteiger partial charge in [0.2, 0.25) is 0 Å². The standard InChI is InChI=1S/C15H23N3O3.ClH/c1-15(2,3)12-7-6-11(10-13(12)18(20)21)14(19)17(5)9-8-16-4;/h6-7,10,16H,8-9H2,1-5H3;1H. The van der Waals surface area contributed by atoms with Crippen molar-refractivity contribution >= 4 is 24.0 Å². The van der Waals surface area contributed by atoms with Crippen LogP contribution >= 0.6 is 12.4 Å². The van der Waals surface area contributed by atoms with Crippen molar-refractivity contribution in [3.8, 4) is 0 Å².